The lowest BCUT2D eigenvalue weighted by molar-refractivity contribution is 0.0986. The van der Waals surface area contributed by atoms with E-state index in [1.54, 1.807) is 19.0 Å². The van der Waals surface area contributed by atoms with E-state index in [0.717, 1.165) is 6.07 Å². The molecule has 0 fully saturated rings. The molecular formula is C12H15FN2O2. The van der Waals surface area contributed by atoms with E-state index in [0.29, 0.717) is 0 Å². The normalized spacial score (nSPS) is 13.4. The van der Waals surface area contributed by atoms with E-state index < -0.39 is 17.8 Å². The Bertz CT molecular complexity index is 442. The van der Waals surface area contributed by atoms with Crippen molar-refractivity contribution in [1.82, 2.24) is 4.90 Å². The molecule has 1 aromatic rings. The maximum absolute atomic E-state index is 13.0. The van der Waals surface area contributed by atoms with Gasteiger partial charge in [0.25, 0.3) is 0 Å². The first-order valence-corrected chi connectivity index (χ1v) is 5.04. The maximum atomic E-state index is 13.0. The highest BCUT2D eigenvalue weighted by molar-refractivity contribution is 6.09. The van der Waals surface area contributed by atoms with E-state index in [-0.39, 0.29) is 11.1 Å². The van der Waals surface area contributed by atoms with E-state index in [9.17, 15) is 14.3 Å². The van der Waals surface area contributed by atoms with Crippen molar-refractivity contribution in [2.45, 2.75) is 6.23 Å². The molecular weight excluding hydrogens is 223 g/mol. The molecule has 4 nitrogen and oxygen atoms in total. The molecule has 0 heterocycles. The Morgan fingerprint density at radius 3 is 2.65 bits per heavy atom. The average Bonchev–Trinajstić information content (AvgIpc) is 2.24. The summed E-state index contributed by atoms with van der Waals surface area (Å²) >= 11 is 0. The second-order valence-electron chi connectivity index (χ2n) is 3.83. The van der Waals surface area contributed by atoms with Crippen molar-refractivity contribution in [2.75, 3.05) is 14.1 Å². The summed E-state index contributed by atoms with van der Waals surface area (Å²) in [6.45, 7) is 0. The van der Waals surface area contributed by atoms with Crippen LogP contribution in [0.5, 0.6) is 0 Å². The quantitative estimate of drug-likeness (QED) is 0.461. The van der Waals surface area contributed by atoms with Gasteiger partial charge in [0.1, 0.15) is 12.0 Å². The maximum Gasteiger partial charge on any atom is 0.194 e. The second kappa shape index (κ2) is 5.56. The van der Waals surface area contributed by atoms with Gasteiger partial charge in [0, 0.05) is 25.9 Å². The fraction of sp³-hybridized carbons (Fsp3) is 0.250. The number of carbonyl (C=O) groups is 1. The lowest BCUT2D eigenvalue weighted by atomic mass is 10.0. The van der Waals surface area contributed by atoms with Crippen molar-refractivity contribution >= 4 is 5.78 Å². The van der Waals surface area contributed by atoms with Gasteiger partial charge in [0.2, 0.25) is 0 Å². The lowest BCUT2D eigenvalue weighted by Crippen LogP contribution is -2.28. The number of benzene rings is 1. The predicted octanol–water partition coefficient (Wildman–Crippen LogP) is 0.731. The minimum absolute atomic E-state index is 0.0144. The molecule has 0 aliphatic rings. The number of nitrogens with two attached hydrogens (primary N) is 1. The number of rotatable bonds is 4. The van der Waals surface area contributed by atoms with Crippen LogP contribution in [-0.4, -0.2) is 36.1 Å². The van der Waals surface area contributed by atoms with E-state index >= 15 is 0 Å². The molecule has 0 saturated carbocycles. The van der Waals surface area contributed by atoms with E-state index in [4.69, 9.17) is 5.73 Å². The van der Waals surface area contributed by atoms with Crippen LogP contribution in [0.4, 0.5) is 4.39 Å². The van der Waals surface area contributed by atoms with Gasteiger partial charge >= 0.3 is 0 Å². The van der Waals surface area contributed by atoms with Crippen LogP contribution in [0, 0.1) is 5.82 Å². The molecule has 0 spiro atoms. The highest BCUT2D eigenvalue weighted by Gasteiger charge is 2.18. The van der Waals surface area contributed by atoms with E-state index in [1.807, 2.05) is 0 Å². The number of hydrogen-bond donors (Lipinski definition) is 2. The summed E-state index contributed by atoms with van der Waals surface area (Å²) in [6.07, 6.45) is 0.0194. The van der Waals surface area contributed by atoms with Crippen molar-refractivity contribution in [2.24, 2.45) is 5.73 Å². The third kappa shape index (κ3) is 3.65. The number of hydrogen-bond acceptors (Lipinski definition) is 4. The van der Waals surface area contributed by atoms with Crippen LogP contribution in [0.2, 0.25) is 0 Å². The van der Waals surface area contributed by atoms with Crippen molar-refractivity contribution in [3.05, 3.63) is 47.4 Å². The molecule has 0 unspecified atom stereocenters. The van der Waals surface area contributed by atoms with Gasteiger partial charge in [-0.2, -0.15) is 0 Å². The first-order valence-electron chi connectivity index (χ1n) is 5.04. The molecule has 1 rings (SSSR count). The molecule has 17 heavy (non-hydrogen) atoms. The number of nitrogens with zero attached hydrogens (tertiary/aromatic N) is 1. The van der Waals surface area contributed by atoms with Gasteiger partial charge in [0.15, 0.2) is 5.78 Å². The van der Waals surface area contributed by atoms with Gasteiger partial charge in [-0.1, -0.05) is 12.1 Å². The zero-order chi connectivity index (χ0) is 13.0. The highest BCUT2D eigenvalue weighted by atomic mass is 19.1. The second-order valence-corrected chi connectivity index (χ2v) is 3.83. The Balaban J connectivity index is 3.09. The van der Waals surface area contributed by atoms with Gasteiger partial charge in [0.05, 0.1) is 5.57 Å². The molecule has 1 atom stereocenters. The number of halogens is 1. The van der Waals surface area contributed by atoms with Crippen molar-refractivity contribution < 1.29 is 14.3 Å². The monoisotopic (exact) mass is 238 g/mol. The molecule has 5 heteroatoms. The fourth-order valence-electron chi connectivity index (χ4n) is 1.34. The molecule has 0 saturated heterocycles. The average molecular weight is 238 g/mol. The largest absolute Gasteiger partial charge is 0.383 e. The summed E-state index contributed by atoms with van der Waals surface area (Å²) in [5.41, 5.74) is 5.48. The van der Waals surface area contributed by atoms with Crippen LogP contribution >= 0.6 is 0 Å². The Labute approximate surface area is 99.2 Å². The molecule has 3 N–H and O–H groups in total. The summed E-state index contributed by atoms with van der Waals surface area (Å²) in [6, 6.07) is 5.25. The molecule has 0 bridgehead atoms. The first-order chi connectivity index (χ1) is 7.91. The van der Waals surface area contributed by atoms with Crippen LogP contribution in [0.1, 0.15) is 10.4 Å². The molecule has 0 aliphatic heterocycles. The first kappa shape index (κ1) is 13.3. The summed E-state index contributed by atoms with van der Waals surface area (Å²) in [5.74, 6) is -1.00. The van der Waals surface area contributed by atoms with Crippen LogP contribution in [0.25, 0.3) is 0 Å². The molecule has 1 aromatic carbocycles. The summed E-state index contributed by atoms with van der Waals surface area (Å²) < 4.78 is 13.0. The zero-order valence-corrected chi connectivity index (χ0v) is 9.72. The van der Waals surface area contributed by atoms with Gasteiger partial charge in [-0.25, -0.2) is 4.39 Å². The van der Waals surface area contributed by atoms with Gasteiger partial charge in [-0.15, -0.1) is 0 Å². The Morgan fingerprint density at radius 2 is 2.18 bits per heavy atom. The smallest absolute Gasteiger partial charge is 0.194 e. The third-order valence-corrected chi connectivity index (χ3v) is 2.06. The van der Waals surface area contributed by atoms with Gasteiger partial charge in [-0.3, -0.25) is 4.79 Å². The van der Waals surface area contributed by atoms with E-state index in [1.165, 1.54) is 24.4 Å². The summed E-state index contributed by atoms with van der Waals surface area (Å²) in [7, 11) is 3.39. The Hall–Kier alpha value is -1.72. The molecule has 0 amide bonds. The van der Waals surface area contributed by atoms with Gasteiger partial charge in [-0.05, 0) is 12.1 Å². The van der Waals surface area contributed by atoms with Crippen LogP contribution < -0.4 is 5.73 Å². The number of carbonyl (C=O) groups excluding carboxylic acids is 1. The number of aliphatic hydroxyl groups excluding tert-OH is 1. The minimum atomic E-state index is -1.40. The highest BCUT2D eigenvalue weighted by Crippen LogP contribution is 2.12. The van der Waals surface area contributed by atoms with Crippen molar-refractivity contribution in [3.63, 3.8) is 0 Å². The lowest BCUT2D eigenvalue weighted by Gasteiger charge is -2.13. The number of Topliss-reactive ketones (excluding diaryl/α,β-unsaturated/α-hetero) is 1. The number of ketones is 1. The molecule has 0 aliphatic carbocycles. The molecule has 0 aromatic heterocycles. The van der Waals surface area contributed by atoms with Crippen LogP contribution in [-0.2, 0) is 0 Å². The fourth-order valence-corrected chi connectivity index (χ4v) is 1.34. The minimum Gasteiger partial charge on any atom is -0.383 e. The SMILES string of the molecule is CN(C)/C=C(\C(=O)c1cccc(F)c1)[C@H](N)O. The number of aliphatic hydroxyl groups is 1. The Kier molecular flexibility index (Phi) is 4.37. The summed E-state index contributed by atoms with van der Waals surface area (Å²) in [4.78, 5) is 13.6. The van der Waals surface area contributed by atoms with Crippen molar-refractivity contribution in [1.29, 1.82) is 0 Å². The van der Waals surface area contributed by atoms with Crippen LogP contribution in [0.15, 0.2) is 36.0 Å². The molecule has 92 valence electrons. The van der Waals surface area contributed by atoms with Crippen molar-refractivity contribution in [3.8, 4) is 0 Å². The standard InChI is InChI=1S/C12H15FN2O2/c1-15(2)7-10(12(14)17)11(16)8-4-3-5-9(13)6-8/h3-7,12,17H,14H2,1-2H3/b10-7+/t12-/m1/s1. The summed E-state index contributed by atoms with van der Waals surface area (Å²) in [5, 5.41) is 9.33. The molecule has 0 radical (unpaired) electrons. The topological polar surface area (TPSA) is 66.6 Å². The van der Waals surface area contributed by atoms with Gasteiger partial charge < -0.3 is 15.7 Å². The predicted molar refractivity (Wildman–Crippen MR) is 62.7 cm³/mol. The van der Waals surface area contributed by atoms with Crippen LogP contribution in [0.3, 0.4) is 0 Å². The third-order valence-electron chi connectivity index (χ3n) is 2.06. The van der Waals surface area contributed by atoms with E-state index in [2.05, 4.69) is 0 Å². The Morgan fingerprint density at radius 1 is 1.53 bits per heavy atom. The zero-order valence-electron chi connectivity index (χ0n) is 9.72.